The molecule has 0 bridgehead atoms. The third-order valence-electron chi connectivity index (χ3n) is 7.64. The van der Waals surface area contributed by atoms with Gasteiger partial charge >= 0.3 is 5.97 Å². The molecule has 2 saturated carbocycles. The molecule has 4 nitrogen and oxygen atoms in total. The highest BCUT2D eigenvalue weighted by Crippen LogP contribution is 2.62. The zero-order valence-electron chi connectivity index (χ0n) is 14.7. The lowest BCUT2D eigenvalue weighted by Gasteiger charge is -2.51. The van der Waals surface area contributed by atoms with E-state index in [9.17, 15) is 4.79 Å². The van der Waals surface area contributed by atoms with Crippen LogP contribution in [0.3, 0.4) is 0 Å². The Hall–Kier alpha value is -0.260. The maximum atomic E-state index is 12.6. The fraction of sp³-hybridized carbons (Fsp3) is 0.947. The molecule has 5 aliphatic rings. The van der Waals surface area contributed by atoms with E-state index in [4.69, 9.17) is 9.47 Å². The Morgan fingerprint density at radius 3 is 2.83 bits per heavy atom. The van der Waals surface area contributed by atoms with Crippen molar-refractivity contribution in [3.63, 3.8) is 0 Å². The van der Waals surface area contributed by atoms with Crippen molar-refractivity contribution in [2.45, 2.75) is 50.7 Å². The molecular formula is C19H29NO3S. The molecule has 24 heavy (non-hydrogen) atoms. The van der Waals surface area contributed by atoms with Crippen LogP contribution in [0.5, 0.6) is 0 Å². The fourth-order valence-corrected chi connectivity index (χ4v) is 7.21. The minimum atomic E-state index is 0.0799. The number of nitrogens with zero attached hydrogens (tertiary/aromatic N) is 1. The standard InChI is InChI=1S/C19H29NO3S/c1-18-3-2-4-19(12-22-19)16(18)9-13-14(17(21)23-15(13)10-18)11-20-5-7-24-8-6-20/h13-16H,2-12H2,1H3/t13-,14+,15-,16-,18-,19+/m1/s1. The molecule has 5 rings (SSSR count). The molecule has 3 heterocycles. The van der Waals surface area contributed by atoms with Crippen LogP contribution < -0.4 is 0 Å². The van der Waals surface area contributed by atoms with Crippen LogP contribution in [-0.4, -0.2) is 60.3 Å². The van der Waals surface area contributed by atoms with E-state index in [1.54, 1.807) is 0 Å². The van der Waals surface area contributed by atoms with E-state index >= 15 is 0 Å². The first-order valence-corrected chi connectivity index (χ1v) is 10.9. The van der Waals surface area contributed by atoms with E-state index in [-0.39, 0.29) is 23.6 Å². The number of hydrogen-bond acceptors (Lipinski definition) is 5. The quantitative estimate of drug-likeness (QED) is 0.565. The number of ether oxygens (including phenoxy) is 2. The topological polar surface area (TPSA) is 42.1 Å². The molecule has 0 radical (unpaired) electrons. The first-order chi connectivity index (χ1) is 11.6. The van der Waals surface area contributed by atoms with Crippen LogP contribution in [-0.2, 0) is 14.3 Å². The maximum absolute atomic E-state index is 12.6. The Kier molecular flexibility index (Phi) is 3.73. The monoisotopic (exact) mass is 351 g/mol. The third-order valence-corrected chi connectivity index (χ3v) is 8.58. The largest absolute Gasteiger partial charge is 0.462 e. The molecular weight excluding hydrogens is 322 g/mol. The minimum absolute atomic E-state index is 0.0799. The normalized spacial score (nSPS) is 51.1. The number of esters is 1. The van der Waals surface area contributed by atoms with Gasteiger partial charge in [-0.25, -0.2) is 0 Å². The van der Waals surface area contributed by atoms with Gasteiger partial charge in [0.2, 0.25) is 0 Å². The van der Waals surface area contributed by atoms with Crippen molar-refractivity contribution < 1.29 is 14.3 Å². The van der Waals surface area contributed by atoms with Crippen LogP contribution in [0.4, 0.5) is 0 Å². The van der Waals surface area contributed by atoms with Crippen molar-refractivity contribution >= 4 is 17.7 Å². The van der Waals surface area contributed by atoms with Crippen molar-refractivity contribution in [3.8, 4) is 0 Å². The predicted octanol–water partition coefficient (Wildman–Crippen LogP) is 2.56. The number of rotatable bonds is 2. The summed E-state index contributed by atoms with van der Waals surface area (Å²) in [4.78, 5) is 15.1. The van der Waals surface area contributed by atoms with E-state index in [1.807, 2.05) is 11.8 Å². The number of carbonyl (C=O) groups is 1. The fourth-order valence-electron chi connectivity index (χ4n) is 6.23. The molecule has 5 fully saturated rings. The van der Waals surface area contributed by atoms with Gasteiger partial charge in [-0.05, 0) is 43.4 Å². The van der Waals surface area contributed by atoms with Gasteiger partial charge in [0.1, 0.15) is 6.10 Å². The number of fused-ring (bicyclic) bond motifs is 3. The third kappa shape index (κ3) is 2.45. The molecule has 134 valence electrons. The second-order valence-electron chi connectivity index (χ2n) is 9.01. The molecule has 5 heteroatoms. The lowest BCUT2D eigenvalue weighted by molar-refractivity contribution is -0.147. The molecule has 0 aromatic rings. The number of hydrogen-bond donors (Lipinski definition) is 0. The maximum Gasteiger partial charge on any atom is 0.310 e. The Morgan fingerprint density at radius 1 is 1.29 bits per heavy atom. The summed E-state index contributed by atoms with van der Waals surface area (Å²) in [6.45, 7) is 6.55. The van der Waals surface area contributed by atoms with Crippen molar-refractivity contribution in [3.05, 3.63) is 0 Å². The van der Waals surface area contributed by atoms with Crippen molar-refractivity contribution in [1.82, 2.24) is 4.90 Å². The number of thioether (sulfide) groups is 1. The highest BCUT2D eigenvalue weighted by molar-refractivity contribution is 7.99. The van der Waals surface area contributed by atoms with E-state index in [0.29, 0.717) is 17.3 Å². The van der Waals surface area contributed by atoms with Crippen LogP contribution in [0.15, 0.2) is 0 Å². The Bertz CT molecular complexity index is 531. The molecule has 0 amide bonds. The van der Waals surface area contributed by atoms with Crippen molar-refractivity contribution in [2.24, 2.45) is 23.2 Å². The lowest BCUT2D eigenvalue weighted by Crippen LogP contribution is -2.51. The van der Waals surface area contributed by atoms with Crippen LogP contribution >= 0.6 is 11.8 Å². The predicted molar refractivity (Wildman–Crippen MR) is 94.0 cm³/mol. The van der Waals surface area contributed by atoms with Crippen LogP contribution in [0.25, 0.3) is 0 Å². The second kappa shape index (κ2) is 5.62. The average Bonchev–Trinajstić information content (AvgIpc) is 3.27. The van der Waals surface area contributed by atoms with Crippen LogP contribution in [0.2, 0.25) is 0 Å². The van der Waals surface area contributed by atoms with Gasteiger partial charge < -0.3 is 14.4 Å². The van der Waals surface area contributed by atoms with E-state index in [1.165, 1.54) is 30.8 Å². The summed E-state index contributed by atoms with van der Waals surface area (Å²) in [5.74, 6) is 3.64. The van der Waals surface area contributed by atoms with Gasteiger partial charge in [-0.15, -0.1) is 0 Å². The van der Waals surface area contributed by atoms with Gasteiger partial charge in [-0.2, -0.15) is 11.8 Å². The highest BCUT2D eigenvalue weighted by atomic mass is 32.2. The summed E-state index contributed by atoms with van der Waals surface area (Å²) in [5, 5.41) is 0. The van der Waals surface area contributed by atoms with Crippen LogP contribution in [0, 0.1) is 23.2 Å². The first kappa shape index (κ1) is 16.0. The van der Waals surface area contributed by atoms with Crippen molar-refractivity contribution in [2.75, 3.05) is 37.7 Å². The Labute approximate surface area is 149 Å². The first-order valence-electron chi connectivity index (χ1n) is 9.74. The Morgan fingerprint density at radius 2 is 2.08 bits per heavy atom. The molecule has 3 saturated heterocycles. The summed E-state index contributed by atoms with van der Waals surface area (Å²) in [5.41, 5.74) is 0.475. The van der Waals surface area contributed by atoms with E-state index < -0.39 is 0 Å². The van der Waals surface area contributed by atoms with Gasteiger partial charge in [-0.3, -0.25) is 4.79 Å². The molecule has 6 atom stereocenters. The molecule has 0 aromatic carbocycles. The average molecular weight is 352 g/mol. The van der Waals surface area contributed by atoms with Gasteiger partial charge in [0, 0.05) is 37.1 Å². The van der Waals surface area contributed by atoms with Crippen molar-refractivity contribution in [1.29, 1.82) is 0 Å². The van der Waals surface area contributed by atoms with Crippen LogP contribution in [0.1, 0.15) is 39.0 Å². The molecule has 3 aliphatic heterocycles. The van der Waals surface area contributed by atoms with E-state index in [0.717, 1.165) is 39.1 Å². The second-order valence-corrected chi connectivity index (χ2v) is 10.2. The molecule has 1 spiro atoms. The summed E-state index contributed by atoms with van der Waals surface area (Å²) in [7, 11) is 0. The van der Waals surface area contributed by atoms with Gasteiger partial charge in [0.25, 0.3) is 0 Å². The van der Waals surface area contributed by atoms with E-state index in [2.05, 4.69) is 11.8 Å². The van der Waals surface area contributed by atoms with Gasteiger partial charge in [-0.1, -0.05) is 6.92 Å². The SMILES string of the molecule is C[C@]12CCC[C@]3(CO3)[C@@H]1C[C@@H]1[C@H](CN3CCSCC3)C(=O)O[C@@H]1C2. The summed E-state index contributed by atoms with van der Waals surface area (Å²) >= 11 is 2.03. The number of epoxide rings is 1. The molecule has 0 N–H and O–H groups in total. The number of carbonyl (C=O) groups excluding carboxylic acids is 1. The van der Waals surface area contributed by atoms with Gasteiger partial charge in [0.15, 0.2) is 0 Å². The zero-order chi connectivity index (χ0) is 16.4. The van der Waals surface area contributed by atoms with Gasteiger partial charge in [0.05, 0.1) is 18.1 Å². The summed E-state index contributed by atoms with van der Waals surface area (Å²) < 4.78 is 11.9. The summed E-state index contributed by atoms with van der Waals surface area (Å²) in [6, 6.07) is 0. The molecule has 0 unspecified atom stereocenters. The summed E-state index contributed by atoms with van der Waals surface area (Å²) in [6.07, 6.45) is 6.14. The highest BCUT2D eigenvalue weighted by Gasteiger charge is 2.65. The lowest BCUT2D eigenvalue weighted by atomic mass is 9.53. The minimum Gasteiger partial charge on any atom is -0.462 e. The molecule has 0 aromatic heterocycles. The molecule has 2 aliphatic carbocycles. The smallest absolute Gasteiger partial charge is 0.310 e. The zero-order valence-corrected chi connectivity index (χ0v) is 15.5. The Balaban J connectivity index is 1.36.